The minimum Gasteiger partial charge on any atom is -0.393 e. The average molecular weight is 481 g/mol. The third-order valence-electron chi connectivity index (χ3n) is 6.36. The molecule has 0 spiro atoms. The lowest BCUT2D eigenvalue weighted by atomic mass is 9.85. The SMILES string of the molecule is CCCCC/C=C\C/C=C\CCCCCCCC(=O)C(O)(CO)C(O)C(=O)CCCCCCC. The summed E-state index contributed by atoms with van der Waals surface area (Å²) in [4.78, 5) is 24.7. The van der Waals surface area contributed by atoms with Gasteiger partial charge in [-0.05, 0) is 44.9 Å². The molecule has 0 heterocycles. The maximum Gasteiger partial charge on any atom is 0.178 e. The van der Waals surface area contributed by atoms with Crippen LogP contribution in [0.1, 0.15) is 129 Å². The Morgan fingerprint density at radius 3 is 1.76 bits per heavy atom. The van der Waals surface area contributed by atoms with E-state index in [1.807, 2.05) is 0 Å². The second-order valence-electron chi connectivity index (χ2n) is 9.52. The predicted molar refractivity (Wildman–Crippen MR) is 141 cm³/mol. The molecule has 0 aromatic rings. The van der Waals surface area contributed by atoms with E-state index in [1.54, 1.807) is 0 Å². The fourth-order valence-corrected chi connectivity index (χ4v) is 3.95. The van der Waals surface area contributed by atoms with Crippen molar-refractivity contribution in [3.05, 3.63) is 24.3 Å². The van der Waals surface area contributed by atoms with Gasteiger partial charge in [0.2, 0.25) is 0 Å². The van der Waals surface area contributed by atoms with Crippen molar-refractivity contribution in [2.45, 2.75) is 141 Å². The summed E-state index contributed by atoms with van der Waals surface area (Å²) in [5, 5.41) is 30.3. The second-order valence-corrected chi connectivity index (χ2v) is 9.52. The van der Waals surface area contributed by atoms with Crippen LogP contribution in [0.15, 0.2) is 24.3 Å². The molecule has 0 saturated heterocycles. The number of ketones is 2. The van der Waals surface area contributed by atoms with E-state index in [9.17, 15) is 24.9 Å². The van der Waals surface area contributed by atoms with Crippen LogP contribution in [0.2, 0.25) is 0 Å². The highest BCUT2D eigenvalue weighted by Gasteiger charge is 2.45. The van der Waals surface area contributed by atoms with Gasteiger partial charge in [-0.2, -0.15) is 0 Å². The third kappa shape index (κ3) is 15.6. The van der Waals surface area contributed by atoms with E-state index < -0.39 is 29.9 Å². The van der Waals surface area contributed by atoms with Crippen LogP contribution < -0.4 is 0 Å². The Balaban J connectivity index is 3.99. The molecule has 0 aliphatic heterocycles. The number of rotatable bonds is 24. The second kappa shape index (κ2) is 22.2. The molecular weight excluding hydrogens is 428 g/mol. The minimum atomic E-state index is -2.38. The molecule has 0 fully saturated rings. The van der Waals surface area contributed by atoms with Crippen LogP contribution in [0.5, 0.6) is 0 Å². The lowest BCUT2D eigenvalue weighted by Crippen LogP contribution is -2.55. The molecule has 0 radical (unpaired) electrons. The van der Waals surface area contributed by atoms with E-state index in [1.165, 1.54) is 25.7 Å². The summed E-state index contributed by atoms with van der Waals surface area (Å²) in [6.07, 6.45) is 23.7. The van der Waals surface area contributed by atoms with E-state index in [-0.39, 0.29) is 12.8 Å². The van der Waals surface area contributed by atoms with Crippen molar-refractivity contribution < 1.29 is 24.9 Å². The van der Waals surface area contributed by atoms with E-state index in [4.69, 9.17) is 0 Å². The summed E-state index contributed by atoms with van der Waals surface area (Å²) in [6.45, 7) is 3.39. The predicted octanol–water partition coefficient (Wildman–Crippen LogP) is 6.38. The average Bonchev–Trinajstić information content (AvgIpc) is 2.84. The topological polar surface area (TPSA) is 94.8 Å². The Labute approximate surface area is 208 Å². The van der Waals surface area contributed by atoms with Crippen LogP contribution in [0.3, 0.4) is 0 Å². The number of carbonyl (C=O) groups is 2. The van der Waals surface area contributed by atoms with Crippen LogP contribution in [0.4, 0.5) is 0 Å². The van der Waals surface area contributed by atoms with Crippen LogP contribution in [-0.4, -0.2) is 45.2 Å². The van der Waals surface area contributed by atoms with Crippen molar-refractivity contribution in [1.29, 1.82) is 0 Å². The van der Waals surface area contributed by atoms with Gasteiger partial charge >= 0.3 is 0 Å². The van der Waals surface area contributed by atoms with E-state index in [0.29, 0.717) is 12.8 Å². The Bertz CT molecular complexity index is 569. The molecule has 198 valence electrons. The molecule has 0 aromatic carbocycles. The number of unbranched alkanes of at least 4 members (excludes halogenated alkanes) is 12. The van der Waals surface area contributed by atoms with Crippen molar-refractivity contribution in [2.75, 3.05) is 6.61 Å². The Morgan fingerprint density at radius 2 is 1.18 bits per heavy atom. The van der Waals surface area contributed by atoms with Crippen molar-refractivity contribution in [3.8, 4) is 0 Å². The van der Waals surface area contributed by atoms with Gasteiger partial charge in [0.05, 0.1) is 6.61 Å². The van der Waals surface area contributed by atoms with E-state index in [0.717, 1.165) is 64.2 Å². The molecule has 34 heavy (non-hydrogen) atoms. The van der Waals surface area contributed by atoms with Gasteiger partial charge < -0.3 is 15.3 Å². The molecule has 0 amide bonds. The molecule has 3 N–H and O–H groups in total. The fourth-order valence-electron chi connectivity index (χ4n) is 3.95. The highest BCUT2D eigenvalue weighted by atomic mass is 16.4. The summed E-state index contributed by atoms with van der Waals surface area (Å²) >= 11 is 0. The van der Waals surface area contributed by atoms with Crippen LogP contribution in [0.25, 0.3) is 0 Å². The first-order valence-corrected chi connectivity index (χ1v) is 13.8. The van der Waals surface area contributed by atoms with Gasteiger partial charge in [0.15, 0.2) is 23.3 Å². The Hall–Kier alpha value is -1.30. The normalized spacial score (nSPS) is 14.6. The van der Waals surface area contributed by atoms with E-state index in [2.05, 4.69) is 38.2 Å². The van der Waals surface area contributed by atoms with Crippen molar-refractivity contribution in [2.24, 2.45) is 0 Å². The number of allylic oxidation sites excluding steroid dienone is 4. The lowest BCUT2D eigenvalue weighted by Gasteiger charge is -2.29. The summed E-state index contributed by atoms with van der Waals surface area (Å²) < 4.78 is 0. The largest absolute Gasteiger partial charge is 0.393 e. The minimum absolute atomic E-state index is 0.0579. The molecule has 0 rings (SSSR count). The summed E-state index contributed by atoms with van der Waals surface area (Å²) in [6, 6.07) is 0. The first-order valence-electron chi connectivity index (χ1n) is 13.8. The van der Waals surface area contributed by atoms with Gasteiger partial charge in [-0.1, -0.05) is 95.9 Å². The summed E-state index contributed by atoms with van der Waals surface area (Å²) in [5.74, 6) is -1.21. The van der Waals surface area contributed by atoms with Crippen molar-refractivity contribution in [3.63, 3.8) is 0 Å². The Morgan fingerprint density at radius 1 is 0.706 bits per heavy atom. The number of Topliss-reactive ketones (excluding diaryl/α,β-unsaturated/α-hetero) is 2. The number of hydrogen-bond acceptors (Lipinski definition) is 5. The van der Waals surface area contributed by atoms with Gasteiger partial charge in [-0.15, -0.1) is 0 Å². The molecule has 5 nitrogen and oxygen atoms in total. The van der Waals surface area contributed by atoms with Crippen LogP contribution in [-0.2, 0) is 9.59 Å². The third-order valence-corrected chi connectivity index (χ3v) is 6.36. The Kier molecular flexibility index (Phi) is 21.3. The molecule has 0 aliphatic carbocycles. The van der Waals surface area contributed by atoms with Gasteiger partial charge in [-0.3, -0.25) is 9.59 Å². The van der Waals surface area contributed by atoms with Gasteiger partial charge in [0.25, 0.3) is 0 Å². The van der Waals surface area contributed by atoms with E-state index >= 15 is 0 Å². The zero-order valence-electron chi connectivity index (χ0n) is 22.0. The van der Waals surface area contributed by atoms with Gasteiger partial charge in [0, 0.05) is 12.8 Å². The molecule has 2 atom stereocenters. The van der Waals surface area contributed by atoms with Crippen molar-refractivity contribution in [1.82, 2.24) is 0 Å². The van der Waals surface area contributed by atoms with Gasteiger partial charge in [-0.25, -0.2) is 0 Å². The molecule has 0 bridgehead atoms. The first-order chi connectivity index (χ1) is 16.4. The number of aliphatic hydroxyl groups excluding tert-OH is 2. The maximum absolute atomic E-state index is 12.5. The number of hydrogen-bond donors (Lipinski definition) is 3. The first kappa shape index (κ1) is 32.7. The summed E-state index contributed by atoms with van der Waals surface area (Å²) in [7, 11) is 0. The fraction of sp³-hybridized carbons (Fsp3) is 0.793. The maximum atomic E-state index is 12.5. The van der Waals surface area contributed by atoms with Crippen molar-refractivity contribution >= 4 is 11.6 Å². The molecule has 0 aliphatic rings. The highest BCUT2D eigenvalue weighted by molar-refractivity contribution is 5.96. The monoisotopic (exact) mass is 480 g/mol. The summed E-state index contributed by atoms with van der Waals surface area (Å²) in [5.41, 5.74) is -2.38. The number of carbonyl (C=O) groups excluding carboxylic acids is 2. The zero-order chi connectivity index (χ0) is 25.5. The van der Waals surface area contributed by atoms with Crippen LogP contribution in [0, 0.1) is 0 Å². The standard InChI is InChI=1S/C29H52O5/c1-3-5-7-9-10-11-12-13-14-15-16-17-18-20-22-24-27(32)29(34,25-30)28(33)26(31)23-21-19-8-6-4-2/h10-11,13-14,28,30,33-34H,3-9,12,15-25H2,1-2H3/b11-10-,14-13-. The highest BCUT2D eigenvalue weighted by Crippen LogP contribution is 2.20. The zero-order valence-corrected chi connectivity index (χ0v) is 22.0. The molecule has 0 aromatic heterocycles. The molecule has 5 heteroatoms. The molecule has 0 saturated carbocycles. The lowest BCUT2D eigenvalue weighted by molar-refractivity contribution is -0.165. The van der Waals surface area contributed by atoms with Crippen LogP contribution >= 0.6 is 0 Å². The molecule has 2 unspecified atom stereocenters. The number of aliphatic hydroxyl groups is 3. The molecular formula is C29H52O5. The smallest absolute Gasteiger partial charge is 0.178 e. The van der Waals surface area contributed by atoms with Gasteiger partial charge in [0.1, 0.15) is 0 Å². The quantitative estimate of drug-likeness (QED) is 0.110.